The van der Waals surface area contributed by atoms with Crippen LogP contribution in [0.15, 0.2) is 47.4 Å². The lowest BCUT2D eigenvalue weighted by Crippen LogP contribution is -2.16. The van der Waals surface area contributed by atoms with Gasteiger partial charge in [0, 0.05) is 12.3 Å². The predicted octanol–water partition coefficient (Wildman–Crippen LogP) is 2.72. The second kappa shape index (κ2) is 6.33. The van der Waals surface area contributed by atoms with Crippen LogP contribution < -0.4 is 5.56 Å². The van der Waals surface area contributed by atoms with Gasteiger partial charge in [0.2, 0.25) is 0 Å². The SMILES string of the molecule is Cc1ccc(C(=O)OCc2cc(=O)n3cc(Cl)ccc3n2)cc1O. The zero-order valence-corrected chi connectivity index (χ0v) is 13.4. The van der Waals surface area contributed by atoms with Gasteiger partial charge in [0.15, 0.2) is 0 Å². The van der Waals surface area contributed by atoms with E-state index >= 15 is 0 Å². The molecule has 0 aliphatic carbocycles. The molecule has 0 saturated carbocycles. The smallest absolute Gasteiger partial charge is 0.338 e. The summed E-state index contributed by atoms with van der Waals surface area (Å²) >= 11 is 5.85. The Hall–Kier alpha value is -2.86. The van der Waals surface area contributed by atoms with Crippen molar-refractivity contribution in [2.24, 2.45) is 0 Å². The summed E-state index contributed by atoms with van der Waals surface area (Å²) in [5.74, 6) is -0.591. The summed E-state index contributed by atoms with van der Waals surface area (Å²) in [5.41, 5.74) is 1.30. The van der Waals surface area contributed by atoms with Crippen molar-refractivity contribution in [2.75, 3.05) is 0 Å². The zero-order valence-electron chi connectivity index (χ0n) is 12.7. The van der Waals surface area contributed by atoms with Gasteiger partial charge in [-0.25, -0.2) is 9.78 Å². The topological polar surface area (TPSA) is 80.9 Å². The molecule has 3 rings (SSSR count). The number of aromatic nitrogens is 2. The second-order valence-electron chi connectivity index (χ2n) is 5.24. The van der Waals surface area contributed by atoms with E-state index in [9.17, 15) is 14.7 Å². The summed E-state index contributed by atoms with van der Waals surface area (Å²) in [6, 6.07) is 9.02. The molecule has 0 aliphatic heterocycles. The molecule has 0 unspecified atom stereocenters. The minimum atomic E-state index is -0.608. The van der Waals surface area contributed by atoms with Gasteiger partial charge in [-0.15, -0.1) is 0 Å². The lowest BCUT2D eigenvalue weighted by Gasteiger charge is -2.07. The fourth-order valence-corrected chi connectivity index (χ4v) is 2.32. The highest BCUT2D eigenvalue weighted by Crippen LogP contribution is 2.18. The van der Waals surface area contributed by atoms with Gasteiger partial charge < -0.3 is 9.84 Å². The van der Waals surface area contributed by atoms with E-state index in [1.54, 1.807) is 31.2 Å². The lowest BCUT2D eigenvalue weighted by molar-refractivity contribution is 0.0467. The summed E-state index contributed by atoms with van der Waals surface area (Å²) in [4.78, 5) is 28.3. The highest BCUT2D eigenvalue weighted by atomic mass is 35.5. The number of aromatic hydroxyl groups is 1. The van der Waals surface area contributed by atoms with E-state index in [4.69, 9.17) is 16.3 Å². The van der Waals surface area contributed by atoms with Gasteiger partial charge in [-0.05, 0) is 36.8 Å². The third-order valence-corrected chi connectivity index (χ3v) is 3.70. The molecular weight excluding hydrogens is 332 g/mol. The number of carbonyl (C=O) groups is 1. The van der Waals surface area contributed by atoms with Crippen LogP contribution in [0.2, 0.25) is 5.02 Å². The maximum atomic E-state index is 12.0. The Morgan fingerprint density at radius 2 is 2.08 bits per heavy atom. The van der Waals surface area contributed by atoms with Gasteiger partial charge in [0.1, 0.15) is 18.0 Å². The normalized spacial score (nSPS) is 10.8. The van der Waals surface area contributed by atoms with Crippen LogP contribution >= 0.6 is 11.6 Å². The van der Waals surface area contributed by atoms with E-state index in [2.05, 4.69) is 4.98 Å². The number of ether oxygens (including phenoxy) is 1. The molecule has 24 heavy (non-hydrogen) atoms. The number of phenols is 1. The van der Waals surface area contributed by atoms with Crippen LogP contribution in [-0.4, -0.2) is 20.5 Å². The highest BCUT2D eigenvalue weighted by Gasteiger charge is 2.11. The van der Waals surface area contributed by atoms with E-state index in [1.807, 2.05) is 0 Å². The van der Waals surface area contributed by atoms with Gasteiger partial charge >= 0.3 is 5.97 Å². The number of fused-ring (bicyclic) bond motifs is 1. The van der Waals surface area contributed by atoms with Crippen LogP contribution in [-0.2, 0) is 11.3 Å². The first-order valence-electron chi connectivity index (χ1n) is 7.08. The Labute approximate surface area is 141 Å². The summed E-state index contributed by atoms with van der Waals surface area (Å²) in [5, 5.41) is 10.1. The first kappa shape index (κ1) is 16.0. The minimum absolute atomic E-state index is 0.0170. The van der Waals surface area contributed by atoms with Crippen LogP contribution in [0.4, 0.5) is 0 Å². The second-order valence-corrected chi connectivity index (χ2v) is 5.68. The molecule has 0 amide bonds. The molecule has 3 aromatic rings. The van der Waals surface area contributed by atoms with E-state index in [1.165, 1.54) is 22.7 Å². The molecule has 0 bridgehead atoms. The van der Waals surface area contributed by atoms with Crippen molar-refractivity contribution in [3.8, 4) is 5.75 Å². The number of esters is 1. The number of hydrogen-bond donors (Lipinski definition) is 1. The Morgan fingerprint density at radius 3 is 2.83 bits per heavy atom. The lowest BCUT2D eigenvalue weighted by atomic mass is 10.1. The molecule has 0 aliphatic rings. The van der Waals surface area contributed by atoms with Gasteiger partial charge in [0.25, 0.3) is 5.56 Å². The Morgan fingerprint density at radius 1 is 1.29 bits per heavy atom. The van der Waals surface area contributed by atoms with Crippen LogP contribution in [0.25, 0.3) is 5.65 Å². The molecule has 1 aromatic carbocycles. The number of carbonyl (C=O) groups excluding carboxylic acids is 1. The predicted molar refractivity (Wildman–Crippen MR) is 88.4 cm³/mol. The largest absolute Gasteiger partial charge is 0.508 e. The number of phenolic OH excluding ortho intramolecular Hbond substituents is 1. The molecule has 0 radical (unpaired) electrons. The Bertz CT molecular complexity index is 998. The maximum Gasteiger partial charge on any atom is 0.338 e. The highest BCUT2D eigenvalue weighted by molar-refractivity contribution is 6.30. The number of pyridine rings is 1. The fraction of sp³-hybridized carbons (Fsp3) is 0.118. The molecule has 1 N–H and O–H groups in total. The fourth-order valence-electron chi connectivity index (χ4n) is 2.16. The first-order valence-corrected chi connectivity index (χ1v) is 7.46. The molecule has 7 heteroatoms. The van der Waals surface area contributed by atoms with Crippen LogP contribution in [0.3, 0.4) is 0 Å². The third-order valence-electron chi connectivity index (χ3n) is 3.47. The molecule has 0 fully saturated rings. The average molecular weight is 345 g/mol. The standard InChI is InChI=1S/C17H13ClN2O4/c1-10-2-3-11(6-14(10)21)17(23)24-9-13-7-16(22)20-8-12(18)4-5-15(20)19-13/h2-8,21H,9H2,1H3. The molecular formula is C17H13ClN2O4. The summed E-state index contributed by atoms with van der Waals surface area (Å²) in [6.45, 7) is 1.57. The maximum absolute atomic E-state index is 12.0. The first-order chi connectivity index (χ1) is 11.4. The van der Waals surface area contributed by atoms with E-state index < -0.39 is 5.97 Å². The number of halogens is 1. The number of benzene rings is 1. The number of rotatable bonds is 3. The van der Waals surface area contributed by atoms with E-state index in [0.29, 0.717) is 21.9 Å². The van der Waals surface area contributed by atoms with Crippen molar-refractivity contribution in [2.45, 2.75) is 13.5 Å². The van der Waals surface area contributed by atoms with Crippen molar-refractivity contribution in [1.29, 1.82) is 0 Å². The number of hydrogen-bond acceptors (Lipinski definition) is 5. The summed E-state index contributed by atoms with van der Waals surface area (Å²) in [7, 11) is 0. The van der Waals surface area contributed by atoms with Crippen molar-refractivity contribution < 1.29 is 14.6 Å². The van der Waals surface area contributed by atoms with Crippen molar-refractivity contribution in [3.05, 3.63) is 74.8 Å². The van der Waals surface area contributed by atoms with Crippen LogP contribution in [0, 0.1) is 6.92 Å². The molecule has 2 aromatic heterocycles. The average Bonchev–Trinajstić information content (AvgIpc) is 2.56. The minimum Gasteiger partial charge on any atom is -0.508 e. The molecule has 6 nitrogen and oxygen atoms in total. The van der Waals surface area contributed by atoms with Crippen LogP contribution in [0.1, 0.15) is 21.6 Å². The van der Waals surface area contributed by atoms with Crippen molar-refractivity contribution >= 4 is 23.2 Å². The molecule has 122 valence electrons. The van der Waals surface area contributed by atoms with Crippen LogP contribution in [0.5, 0.6) is 5.75 Å². The monoisotopic (exact) mass is 344 g/mol. The van der Waals surface area contributed by atoms with Gasteiger partial charge in [0.05, 0.1) is 16.3 Å². The van der Waals surface area contributed by atoms with E-state index in [0.717, 1.165) is 0 Å². The summed E-state index contributed by atoms with van der Waals surface area (Å²) in [6.07, 6.45) is 1.47. The Balaban J connectivity index is 1.80. The zero-order chi connectivity index (χ0) is 17.3. The third kappa shape index (κ3) is 3.23. The Kier molecular flexibility index (Phi) is 4.22. The van der Waals surface area contributed by atoms with Gasteiger partial charge in [-0.1, -0.05) is 17.7 Å². The number of nitrogens with zero attached hydrogens (tertiary/aromatic N) is 2. The van der Waals surface area contributed by atoms with Gasteiger partial charge in [-0.3, -0.25) is 9.20 Å². The molecule has 0 atom stereocenters. The van der Waals surface area contributed by atoms with E-state index in [-0.39, 0.29) is 23.5 Å². The molecule has 2 heterocycles. The van der Waals surface area contributed by atoms with Crippen molar-refractivity contribution in [3.63, 3.8) is 0 Å². The quantitative estimate of drug-likeness (QED) is 0.739. The molecule has 0 saturated heterocycles. The summed E-state index contributed by atoms with van der Waals surface area (Å²) < 4.78 is 6.46. The molecule has 0 spiro atoms. The van der Waals surface area contributed by atoms with Gasteiger partial charge in [-0.2, -0.15) is 0 Å². The number of aryl methyl sites for hydroxylation is 1. The van der Waals surface area contributed by atoms with Crippen molar-refractivity contribution in [1.82, 2.24) is 9.38 Å².